The molecule has 5 rings (SSSR count). The second kappa shape index (κ2) is 8.24. The number of hydrogen-bond donors (Lipinski definition) is 0. The van der Waals surface area contributed by atoms with Gasteiger partial charge in [-0.3, -0.25) is 14.2 Å². The summed E-state index contributed by atoms with van der Waals surface area (Å²) in [6.07, 6.45) is 3.85. The number of aromatic nitrogens is 1. The zero-order chi connectivity index (χ0) is 22.2. The molecule has 6 nitrogen and oxygen atoms in total. The number of Topliss-reactive ketones (excluding diaryl/α,β-unsaturated/α-hetero) is 1. The number of benzene rings is 2. The number of rotatable bonds is 4. The zero-order valence-corrected chi connectivity index (χ0v) is 18.6. The molecule has 1 aliphatic carbocycles. The van der Waals surface area contributed by atoms with E-state index < -0.39 is 6.04 Å². The average molecular weight is 447 g/mol. The first-order valence-electron chi connectivity index (χ1n) is 10.5. The van der Waals surface area contributed by atoms with Crippen molar-refractivity contribution in [3.63, 3.8) is 0 Å². The van der Waals surface area contributed by atoms with Crippen molar-refractivity contribution in [3.8, 4) is 11.5 Å². The molecule has 0 fully saturated rings. The Hall–Kier alpha value is -3.45. The predicted octanol–water partition coefficient (Wildman–Crippen LogP) is 2.99. The second-order valence-electron chi connectivity index (χ2n) is 7.74. The highest BCUT2D eigenvalue weighted by molar-refractivity contribution is 7.07. The van der Waals surface area contributed by atoms with Gasteiger partial charge in [0.05, 0.1) is 30.5 Å². The molecular weight excluding hydrogens is 424 g/mol. The summed E-state index contributed by atoms with van der Waals surface area (Å²) in [7, 11) is 3.18. The predicted molar refractivity (Wildman–Crippen MR) is 123 cm³/mol. The lowest BCUT2D eigenvalue weighted by atomic mass is 9.86. The van der Waals surface area contributed by atoms with Gasteiger partial charge < -0.3 is 9.47 Å². The van der Waals surface area contributed by atoms with Crippen molar-refractivity contribution >= 4 is 23.2 Å². The third-order valence-corrected chi connectivity index (χ3v) is 6.85. The molecule has 0 radical (unpaired) electrons. The van der Waals surface area contributed by atoms with Gasteiger partial charge in [-0.2, -0.15) is 0 Å². The van der Waals surface area contributed by atoms with Gasteiger partial charge >= 0.3 is 0 Å². The Morgan fingerprint density at radius 1 is 1.06 bits per heavy atom. The van der Waals surface area contributed by atoms with E-state index in [1.807, 2.05) is 48.5 Å². The van der Waals surface area contributed by atoms with Crippen LogP contribution in [-0.4, -0.2) is 24.6 Å². The van der Waals surface area contributed by atoms with Gasteiger partial charge in [0.2, 0.25) is 0 Å². The number of carbonyl (C=O) groups excluding carboxylic acids is 1. The molecule has 0 N–H and O–H groups in total. The molecule has 0 spiro atoms. The minimum absolute atomic E-state index is 0.0787. The van der Waals surface area contributed by atoms with Gasteiger partial charge in [-0.15, -0.1) is 0 Å². The summed E-state index contributed by atoms with van der Waals surface area (Å²) in [5, 5.41) is 0. The summed E-state index contributed by atoms with van der Waals surface area (Å²) < 4.78 is 13.0. The zero-order valence-electron chi connectivity index (χ0n) is 17.8. The summed E-state index contributed by atoms with van der Waals surface area (Å²) in [6, 6.07) is 14.7. The van der Waals surface area contributed by atoms with Crippen molar-refractivity contribution < 1.29 is 14.3 Å². The number of hydrogen-bond acceptors (Lipinski definition) is 6. The molecule has 2 aliphatic rings. The van der Waals surface area contributed by atoms with Crippen molar-refractivity contribution in [1.82, 2.24) is 4.57 Å². The first-order chi connectivity index (χ1) is 15.6. The summed E-state index contributed by atoms with van der Waals surface area (Å²) in [5.41, 5.74) is 2.99. The van der Waals surface area contributed by atoms with E-state index in [-0.39, 0.29) is 11.3 Å². The number of fused-ring (bicyclic) bond motifs is 1. The molecule has 162 valence electrons. The van der Waals surface area contributed by atoms with Crippen molar-refractivity contribution in [2.75, 3.05) is 14.2 Å². The second-order valence-corrected chi connectivity index (χ2v) is 8.75. The van der Waals surface area contributed by atoms with Crippen LogP contribution in [-0.2, 0) is 4.79 Å². The monoisotopic (exact) mass is 446 g/mol. The van der Waals surface area contributed by atoms with E-state index in [4.69, 9.17) is 14.5 Å². The minimum Gasteiger partial charge on any atom is -0.497 e. The Balaban J connectivity index is 1.74. The first kappa shape index (κ1) is 20.5. The molecule has 1 unspecified atom stereocenters. The maximum absolute atomic E-state index is 13.6. The molecule has 2 aromatic carbocycles. The van der Waals surface area contributed by atoms with Gasteiger partial charge in [0, 0.05) is 23.6 Å². The fraction of sp³-hybridized carbons (Fsp3) is 0.240. The number of ether oxygens (including phenoxy) is 2. The number of methoxy groups -OCH3 is 2. The molecular formula is C25H22N2O4S. The van der Waals surface area contributed by atoms with Crippen LogP contribution in [0.15, 0.2) is 69.6 Å². The van der Waals surface area contributed by atoms with Crippen LogP contribution in [0.2, 0.25) is 0 Å². The highest BCUT2D eigenvalue weighted by atomic mass is 32.1. The van der Waals surface area contributed by atoms with Gasteiger partial charge in [0.1, 0.15) is 11.5 Å². The standard InChI is InChI=1S/C25H22N2O4S/c1-30-17-12-11-16(20(14-17)31-2)13-21-24(29)27-23(15-7-4-3-5-8-15)22-18(26-25(27)32-21)9-6-10-19(22)28/h3-5,7-8,11-14,23H,6,9-10H2,1-2H3. The number of thiazole rings is 1. The molecule has 1 aromatic heterocycles. The molecule has 2 heterocycles. The van der Waals surface area contributed by atoms with Crippen LogP contribution in [0.3, 0.4) is 0 Å². The molecule has 0 saturated carbocycles. The highest BCUT2D eigenvalue weighted by Gasteiger charge is 2.34. The summed E-state index contributed by atoms with van der Waals surface area (Å²) in [6.45, 7) is 0. The quantitative estimate of drug-likeness (QED) is 0.618. The molecule has 1 aliphatic heterocycles. The Morgan fingerprint density at radius 2 is 1.88 bits per heavy atom. The van der Waals surface area contributed by atoms with Crippen LogP contribution >= 0.6 is 11.3 Å². The molecule has 1 atom stereocenters. The summed E-state index contributed by atoms with van der Waals surface area (Å²) in [5.74, 6) is 1.37. The van der Waals surface area contributed by atoms with Gasteiger partial charge in [0.25, 0.3) is 5.56 Å². The Labute approximate surface area is 188 Å². The van der Waals surface area contributed by atoms with E-state index >= 15 is 0 Å². The van der Waals surface area contributed by atoms with Crippen molar-refractivity contribution in [1.29, 1.82) is 0 Å². The fourth-order valence-corrected chi connectivity index (χ4v) is 5.35. The van der Waals surface area contributed by atoms with Crippen molar-refractivity contribution in [2.45, 2.75) is 25.3 Å². The fourth-order valence-electron chi connectivity index (χ4n) is 4.34. The van der Waals surface area contributed by atoms with E-state index in [2.05, 4.69) is 0 Å². The topological polar surface area (TPSA) is 69.9 Å². The smallest absolute Gasteiger partial charge is 0.271 e. The van der Waals surface area contributed by atoms with E-state index in [1.165, 1.54) is 11.3 Å². The maximum Gasteiger partial charge on any atom is 0.271 e. The largest absolute Gasteiger partial charge is 0.497 e. The summed E-state index contributed by atoms with van der Waals surface area (Å²) in [4.78, 5) is 31.9. The van der Waals surface area contributed by atoms with E-state index in [0.717, 1.165) is 29.7 Å². The SMILES string of the molecule is COc1ccc(C=c2sc3n(c2=O)C(c2ccccc2)C2=C(CCCC2=O)N=3)c(OC)c1. The lowest BCUT2D eigenvalue weighted by molar-refractivity contribution is -0.116. The van der Waals surface area contributed by atoms with Crippen LogP contribution in [0, 0.1) is 0 Å². The lowest BCUT2D eigenvalue weighted by Gasteiger charge is -2.28. The number of ketones is 1. The van der Waals surface area contributed by atoms with Gasteiger partial charge in [-0.1, -0.05) is 41.7 Å². The third kappa shape index (κ3) is 3.39. The Morgan fingerprint density at radius 3 is 2.62 bits per heavy atom. The van der Waals surface area contributed by atoms with E-state index in [9.17, 15) is 9.59 Å². The Kier molecular flexibility index (Phi) is 5.27. The van der Waals surface area contributed by atoms with Gasteiger partial charge in [0.15, 0.2) is 10.6 Å². The molecule has 7 heteroatoms. The summed E-state index contributed by atoms with van der Waals surface area (Å²) >= 11 is 1.34. The first-order valence-corrected chi connectivity index (χ1v) is 11.3. The Bertz CT molecular complexity index is 1420. The molecule has 3 aromatic rings. The van der Waals surface area contributed by atoms with Crippen LogP contribution in [0.5, 0.6) is 11.5 Å². The number of allylic oxidation sites excluding steroid dienone is 2. The van der Waals surface area contributed by atoms with Crippen LogP contribution in [0.1, 0.15) is 36.4 Å². The van der Waals surface area contributed by atoms with Crippen molar-refractivity contribution in [2.24, 2.45) is 4.99 Å². The van der Waals surface area contributed by atoms with Crippen molar-refractivity contribution in [3.05, 3.63) is 90.6 Å². The number of nitrogens with zero attached hydrogens (tertiary/aromatic N) is 2. The van der Waals surface area contributed by atoms with Crippen LogP contribution < -0.4 is 24.4 Å². The van der Waals surface area contributed by atoms with Crippen LogP contribution in [0.25, 0.3) is 6.08 Å². The molecule has 32 heavy (non-hydrogen) atoms. The van der Waals surface area contributed by atoms with Crippen LogP contribution in [0.4, 0.5) is 0 Å². The van der Waals surface area contributed by atoms with Gasteiger partial charge in [-0.25, -0.2) is 4.99 Å². The molecule has 0 bridgehead atoms. The van der Waals surface area contributed by atoms with E-state index in [0.29, 0.717) is 32.8 Å². The maximum atomic E-state index is 13.6. The van der Waals surface area contributed by atoms with Gasteiger partial charge in [-0.05, 0) is 36.6 Å². The average Bonchev–Trinajstić information content (AvgIpc) is 3.13. The third-order valence-electron chi connectivity index (χ3n) is 5.87. The highest BCUT2D eigenvalue weighted by Crippen LogP contribution is 2.36. The lowest BCUT2D eigenvalue weighted by Crippen LogP contribution is -2.40. The van der Waals surface area contributed by atoms with E-state index in [1.54, 1.807) is 24.9 Å². The normalized spacial score (nSPS) is 18.1. The minimum atomic E-state index is -0.449. The number of carbonyl (C=O) groups is 1. The molecule has 0 saturated heterocycles. The molecule has 0 amide bonds.